The lowest BCUT2D eigenvalue weighted by atomic mass is 9.85. The third-order valence-electron chi connectivity index (χ3n) is 3.88. The SMILES string of the molecule is Cc1ccc(CCC(=O)NC2CCCCC2CO)o1. The summed E-state index contributed by atoms with van der Waals surface area (Å²) in [5.74, 6) is 2.01. The number of aliphatic hydroxyl groups excluding tert-OH is 1. The van der Waals surface area contributed by atoms with Crippen molar-refractivity contribution in [2.24, 2.45) is 5.92 Å². The molecule has 0 saturated heterocycles. The van der Waals surface area contributed by atoms with E-state index in [0.29, 0.717) is 12.8 Å². The molecular weight excluding hydrogens is 242 g/mol. The van der Waals surface area contributed by atoms with Gasteiger partial charge < -0.3 is 14.8 Å². The average Bonchev–Trinajstić information content (AvgIpc) is 2.83. The van der Waals surface area contributed by atoms with Crippen molar-refractivity contribution in [1.82, 2.24) is 5.32 Å². The number of hydrogen-bond donors (Lipinski definition) is 2. The topological polar surface area (TPSA) is 62.5 Å². The number of aryl methyl sites for hydroxylation is 2. The summed E-state index contributed by atoms with van der Waals surface area (Å²) in [5, 5.41) is 12.4. The maximum atomic E-state index is 11.9. The number of rotatable bonds is 5. The third-order valence-corrected chi connectivity index (χ3v) is 3.88. The second-order valence-electron chi connectivity index (χ2n) is 5.41. The van der Waals surface area contributed by atoms with Crippen molar-refractivity contribution in [3.05, 3.63) is 23.7 Å². The fourth-order valence-corrected chi connectivity index (χ4v) is 2.75. The first-order chi connectivity index (χ1) is 9.19. The Morgan fingerprint density at radius 1 is 1.42 bits per heavy atom. The molecule has 1 aromatic heterocycles. The summed E-state index contributed by atoms with van der Waals surface area (Å²) in [5.41, 5.74) is 0. The zero-order chi connectivity index (χ0) is 13.7. The van der Waals surface area contributed by atoms with Crippen molar-refractivity contribution < 1.29 is 14.3 Å². The van der Waals surface area contributed by atoms with Crippen LogP contribution in [0.3, 0.4) is 0 Å². The van der Waals surface area contributed by atoms with Gasteiger partial charge in [-0.05, 0) is 31.9 Å². The van der Waals surface area contributed by atoms with Gasteiger partial charge in [0.05, 0.1) is 0 Å². The Kier molecular flexibility index (Phi) is 5.02. The smallest absolute Gasteiger partial charge is 0.220 e. The van der Waals surface area contributed by atoms with Crippen LogP contribution in [0.5, 0.6) is 0 Å². The lowest BCUT2D eigenvalue weighted by molar-refractivity contribution is -0.122. The lowest BCUT2D eigenvalue weighted by Crippen LogP contribution is -2.43. The molecule has 1 aromatic rings. The molecule has 19 heavy (non-hydrogen) atoms. The molecule has 0 spiro atoms. The van der Waals surface area contributed by atoms with E-state index in [1.165, 1.54) is 0 Å². The number of amides is 1. The van der Waals surface area contributed by atoms with E-state index >= 15 is 0 Å². The molecule has 1 heterocycles. The summed E-state index contributed by atoms with van der Waals surface area (Å²) in [4.78, 5) is 11.9. The van der Waals surface area contributed by atoms with Crippen molar-refractivity contribution in [3.8, 4) is 0 Å². The second-order valence-corrected chi connectivity index (χ2v) is 5.41. The van der Waals surface area contributed by atoms with Crippen LogP contribution in [0.1, 0.15) is 43.6 Å². The summed E-state index contributed by atoms with van der Waals surface area (Å²) < 4.78 is 5.45. The summed E-state index contributed by atoms with van der Waals surface area (Å²) in [6.45, 7) is 2.07. The number of carbonyl (C=O) groups is 1. The van der Waals surface area contributed by atoms with Crippen molar-refractivity contribution in [2.45, 2.75) is 51.5 Å². The highest BCUT2D eigenvalue weighted by Gasteiger charge is 2.25. The van der Waals surface area contributed by atoms with Crippen molar-refractivity contribution >= 4 is 5.91 Å². The average molecular weight is 265 g/mol. The van der Waals surface area contributed by atoms with Crippen LogP contribution in [-0.4, -0.2) is 23.7 Å². The molecule has 1 saturated carbocycles. The van der Waals surface area contributed by atoms with E-state index in [1.807, 2.05) is 19.1 Å². The quantitative estimate of drug-likeness (QED) is 0.858. The van der Waals surface area contributed by atoms with Crippen molar-refractivity contribution in [1.29, 1.82) is 0 Å². The van der Waals surface area contributed by atoms with Crippen LogP contribution in [0, 0.1) is 12.8 Å². The van der Waals surface area contributed by atoms with Crippen LogP contribution in [0.4, 0.5) is 0 Å². The van der Waals surface area contributed by atoms with Crippen LogP contribution in [-0.2, 0) is 11.2 Å². The highest BCUT2D eigenvalue weighted by Crippen LogP contribution is 2.24. The minimum atomic E-state index is 0.0550. The van der Waals surface area contributed by atoms with Gasteiger partial charge in [-0.1, -0.05) is 12.8 Å². The van der Waals surface area contributed by atoms with Crippen LogP contribution in [0.15, 0.2) is 16.5 Å². The highest BCUT2D eigenvalue weighted by atomic mass is 16.3. The molecule has 1 aliphatic rings. The molecule has 106 valence electrons. The Bertz CT molecular complexity index is 413. The Morgan fingerprint density at radius 3 is 2.89 bits per heavy atom. The molecule has 4 heteroatoms. The Morgan fingerprint density at radius 2 is 2.21 bits per heavy atom. The molecule has 1 aliphatic carbocycles. The fourth-order valence-electron chi connectivity index (χ4n) is 2.75. The number of carbonyl (C=O) groups excluding carboxylic acids is 1. The van der Waals surface area contributed by atoms with Gasteiger partial charge in [0, 0.05) is 31.4 Å². The van der Waals surface area contributed by atoms with Gasteiger partial charge in [0.25, 0.3) is 0 Å². The number of nitrogens with one attached hydrogen (secondary N) is 1. The van der Waals surface area contributed by atoms with E-state index in [4.69, 9.17) is 4.42 Å². The Balaban J connectivity index is 1.77. The highest BCUT2D eigenvalue weighted by molar-refractivity contribution is 5.76. The number of aliphatic hydroxyl groups is 1. The largest absolute Gasteiger partial charge is 0.466 e. The first kappa shape index (κ1) is 14.1. The molecule has 1 amide bonds. The van der Waals surface area contributed by atoms with E-state index in [1.54, 1.807) is 0 Å². The van der Waals surface area contributed by atoms with Crippen LogP contribution in [0.2, 0.25) is 0 Å². The third kappa shape index (κ3) is 4.10. The van der Waals surface area contributed by atoms with E-state index in [-0.39, 0.29) is 24.5 Å². The molecule has 0 bridgehead atoms. The molecule has 0 radical (unpaired) electrons. The standard InChI is InChI=1S/C15H23NO3/c1-11-6-7-13(19-11)8-9-15(18)16-14-5-3-2-4-12(14)10-17/h6-7,12,14,17H,2-5,8-10H2,1H3,(H,16,18). The van der Waals surface area contributed by atoms with E-state index in [2.05, 4.69) is 5.32 Å². The van der Waals surface area contributed by atoms with Gasteiger partial charge in [-0.2, -0.15) is 0 Å². The lowest BCUT2D eigenvalue weighted by Gasteiger charge is -2.30. The minimum absolute atomic E-state index is 0.0550. The van der Waals surface area contributed by atoms with Crippen LogP contribution in [0.25, 0.3) is 0 Å². The predicted molar refractivity (Wildman–Crippen MR) is 72.7 cm³/mol. The molecular formula is C15H23NO3. The predicted octanol–water partition coefficient (Wildman–Crippen LogP) is 2.19. The fraction of sp³-hybridized carbons (Fsp3) is 0.667. The molecule has 2 N–H and O–H groups in total. The summed E-state index contributed by atoms with van der Waals surface area (Å²) in [7, 11) is 0. The molecule has 2 rings (SSSR count). The molecule has 2 atom stereocenters. The zero-order valence-electron chi connectivity index (χ0n) is 11.5. The number of furan rings is 1. The monoisotopic (exact) mass is 265 g/mol. The maximum absolute atomic E-state index is 11.9. The Hall–Kier alpha value is -1.29. The molecule has 4 nitrogen and oxygen atoms in total. The van der Waals surface area contributed by atoms with Crippen molar-refractivity contribution in [2.75, 3.05) is 6.61 Å². The van der Waals surface area contributed by atoms with Gasteiger partial charge in [0.15, 0.2) is 0 Å². The van der Waals surface area contributed by atoms with Crippen LogP contribution >= 0.6 is 0 Å². The normalized spacial score (nSPS) is 23.3. The second kappa shape index (κ2) is 6.75. The van der Waals surface area contributed by atoms with Gasteiger partial charge in [-0.15, -0.1) is 0 Å². The summed E-state index contributed by atoms with van der Waals surface area (Å²) in [6.07, 6.45) is 5.37. The van der Waals surface area contributed by atoms with E-state index < -0.39 is 0 Å². The summed E-state index contributed by atoms with van der Waals surface area (Å²) in [6, 6.07) is 3.97. The first-order valence-electron chi connectivity index (χ1n) is 7.14. The summed E-state index contributed by atoms with van der Waals surface area (Å²) >= 11 is 0. The maximum Gasteiger partial charge on any atom is 0.220 e. The zero-order valence-corrected chi connectivity index (χ0v) is 11.5. The number of hydrogen-bond acceptors (Lipinski definition) is 3. The minimum Gasteiger partial charge on any atom is -0.466 e. The molecule has 0 aromatic carbocycles. The van der Waals surface area contributed by atoms with E-state index in [0.717, 1.165) is 37.2 Å². The Labute approximate surface area is 114 Å². The molecule has 2 unspecified atom stereocenters. The van der Waals surface area contributed by atoms with Gasteiger partial charge >= 0.3 is 0 Å². The van der Waals surface area contributed by atoms with Gasteiger partial charge in [-0.25, -0.2) is 0 Å². The van der Waals surface area contributed by atoms with Gasteiger partial charge in [0.2, 0.25) is 5.91 Å². The van der Waals surface area contributed by atoms with Gasteiger partial charge in [0.1, 0.15) is 11.5 Å². The molecule has 0 aliphatic heterocycles. The van der Waals surface area contributed by atoms with E-state index in [9.17, 15) is 9.90 Å². The molecule has 1 fully saturated rings. The first-order valence-corrected chi connectivity index (χ1v) is 7.14. The van der Waals surface area contributed by atoms with Crippen LogP contribution < -0.4 is 5.32 Å². The van der Waals surface area contributed by atoms with Gasteiger partial charge in [-0.3, -0.25) is 4.79 Å². The van der Waals surface area contributed by atoms with Crippen molar-refractivity contribution in [3.63, 3.8) is 0 Å².